The van der Waals surface area contributed by atoms with Crippen LogP contribution in [0.5, 0.6) is 0 Å². The van der Waals surface area contributed by atoms with Crippen LogP contribution in [0.3, 0.4) is 0 Å². The third kappa shape index (κ3) is 1.13. The lowest BCUT2D eigenvalue weighted by Crippen LogP contribution is -2.04. The van der Waals surface area contributed by atoms with E-state index in [0.717, 1.165) is 11.6 Å². The van der Waals surface area contributed by atoms with E-state index in [4.69, 9.17) is 0 Å². The first-order valence-electron chi connectivity index (χ1n) is 5.57. The van der Waals surface area contributed by atoms with E-state index in [0.29, 0.717) is 0 Å². The molecule has 2 aromatic rings. The van der Waals surface area contributed by atoms with E-state index in [9.17, 15) is 0 Å². The highest BCUT2D eigenvalue weighted by Gasteiger charge is 2.27. The lowest BCUT2D eigenvalue weighted by atomic mass is 9.93. The number of nitrogens with one attached hydrogen (secondary N) is 1. The van der Waals surface area contributed by atoms with Crippen LogP contribution in [-0.2, 0) is 12.8 Å². The minimum Gasteiger partial charge on any atom is -0.282 e. The summed E-state index contributed by atoms with van der Waals surface area (Å²) in [5.74, 6) is 0.774. The second kappa shape index (κ2) is 2.73. The molecule has 0 saturated heterocycles. The van der Waals surface area contributed by atoms with Crippen molar-refractivity contribution in [3.05, 3.63) is 27.6 Å². The minimum atomic E-state index is 0.774. The third-order valence-electron chi connectivity index (χ3n) is 3.47. The summed E-state index contributed by atoms with van der Waals surface area (Å²) in [4.78, 5) is 1.57. The van der Waals surface area contributed by atoms with Gasteiger partial charge in [0.2, 0.25) is 0 Å². The van der Waals surface area contributed by atoms with Gasteiger partial charge >= 0.3 is 0 Å². The van der Waals surface area contributed by atoms with Crippen molar-refractivity contribution in [3.8, 4) is 11.3 Å². The van der Waals surface area contributed by atoms with Gasteiger partial charge in [-0.3, -0.25) is 5.10 Å². The van der Waals surface area contributed by atoms with Crippen molar-refractivity contribution in [3.63, 3.8) is 0 Å². The average Bonchev–Trinajstić information content (AvgIpc) is 2.86. The Morgan fingerprint density at radius 2 is 2.27 bits per heavy atom. The highest BCUT2D eigenvalue weighted by Crippen LogP contribution is 2.42. The van der Waals surface area contributed by atoms with Crippen molar-refractivity contribution in [1.82, 2.24) is 10.2 Å². The van der Waals surface area contributed by atoms with Gasteiger partial charge in [0.25, 0.3) is 0 Å². The summed E-state index contributed by atoms with van der Waals surface area (Å²) in [5, 5.41) is 9.89. The van der Waals surface area contributed by atoms with E-state index in [1.165, 1.54) is 36.9 Å². The molecule has 0 amide bonds. The molecule has 0 aromatic carbocycles. The second-order valence-electron chi connectivity index (χ2n) is 4.53. The summed E-state index contributed by atoms with van der Waals surface area (Å²) < 4.78 is 0. The Kier molecular flexibility index (Phi) is 1.47. The van der Waals surface area contributed by atoms with Crippen LogP contribution in [0.1, 0.15) is 34.9 Å². The van der Waals surface area contributed by atoms with E-state index in [1.54, 1.807) is 10.4 Å². The molecule has 2 heterocycles. The number of H-pyrrole nitrogens is 1. The molecule has 0 spiro atoms. The summed E-state index contributed by atoms with van der Waals surface area (Å²) in [6.07, 6.45) is 5.20. The molecule has 2 aliphatic carbocycles. The van der Waals surface area contributed by atoms with Crippen molar-refractivity contribution in [2.75, 3.05) is 0 Å². The number of fused-ring (bicyclic) bond motifs is 1. The van der Waals surface area contributed by atoms with Crippen LogP contribution in [0.2, 0.25) is 0 Å². The molecular formula is C12H12N2S. The number of rotatable bonds is 2. The number of nitrogens with zero attached hydrogens (tertiary/aromatic N) is 1. The Balaban J connectivity index is 1.78. The summed E-state index contributed by atoms with van der Waals surface area (Å²) in [5.41, 5.74) is 5.43. The third-order valence-corrected chi connectivity index (χ3v) is 4.56. The van der Waals surface area contributed by atoms with E-state index in [-0.39, 0.29) is 0 Å². The quantitative estimate of drug-likeness (QED) is 0.821. The molecule has 15 heavy (non-hydrogen) atoms. The smallest absolute Gasteiger partial charge is 0.0934 e. The van der Waals surface area contributed by atoms with Crippen LogP contribution in [0.4, 0.5) is 0 Å². The van der Waals surface area contributed by atoms with Crippen LogP contribution in [0.15, 0.2) is 11.4 Å². The highest BCUT2D eigenvalue weighted by molar-refractivity contribution is 7.10. The van der Waals surface area contributed by atoms with E-state index in [2.05, 4.69) is 21.6 Å². The van der Waals surface area contributed by atoms with E-state index in [1.807, 2.05) is 11.3 Å². The van der Waals surface area contributed by atoms with Gasteiger partial charge in [-0.15, -0.1) is 11.3 Å². The van der Waals surface area contributed by atoms with Crippen molar-refractivity contribution in [2.24, 2.45) is 0 Å². The number of hydrogen-bond donors (Lipinski definition) is 1. The molecule has 3 heteroatoms. The van der Waals surface area contributed by atoms with Crippen molar-refractivity contribution in [2.45, 2.75) is 31.6 Å². The number of thiophene rings is 1. The maximum atomic E-state index is 4.44. The fourth-order valence-corrected chi connectivity index (χ4v) is 3.36. The molecule has 2 aromatic heterocycles. The lowest BCUT2D eigenvalue weighted by Gasteiger charge is -2.13. The summed E-state index contributed by atoms with van der Waals surface area (Å²) >= 11 is 1.89. The summed E-state index contributed by atoms with van der Waals surface area (Å²) in [6, 6.07) is 2.25. The first-order chi connectivity index (χ1) is 7.42. The SMILES string of the molecule is c1c(-c2csc3c2CC3)n[nH]c1C1CC1. The van der Waals surface area contributed by atoms with E-state index >= 15 is 0 Å². The molecule has 76 valence electrons. The number of hydrogen-bond acceptors (Lipinski definition) is 2. The Bertz CT molecular complexity index is 519. The largest absolute Gasteiger partial charge is 0.282 e. The predicted octanol–water partition coefficient (Wildman–Crippen LogP) is 3.11. The van der Waals surface area contributed by atoms with Gasteiger partial charge < -0.3 is 0 Å². The topological polar surface area (TPSA) is 28.7 Å². The normalized spacial score (nSPS) is 18.7. The Labute approximate surface area is 92.3 Å². The summed E-state index contributed by atoms with van der Waals surface area (Å²) in [7, 11) is 0. The molecule has 0 radical (unpaired) electrons. The molecule has 2 aliphatic rings. The van der Waals surface area contributed by atoms with Gasteiger partial charge in [-0.25, -0.2) is 0 Å². The van der Waals surface area contributed by atoms with Crippen LogP contribution in [-0.4, -0.2) is 10.2 Å². The molecule has 1 saturated carbocycles. The zero-order valence-electron chi connectivity index (χ0n) is 8.42. The number of aromatic amines is 1. The van der Waals surface area contributed by atoms with Gasteiger partial charge in [0.15, 0.2) is 0 Å². The first kappa shape index (κ1) is 8.11. The lowest BCUT2D eigenvalue weighted by molar-refractivity contribution is 0.872. The maximum absolute atomic E-state index is 4.44. The van der Waals surface area contributed by atoms with Crippen molar-refractivity contribution >= 4 is 11.3 Å². The molecular weight excluding hydrogens is 204 g/mol. The number of aromatic nitrogens is 2. The predicted molar refractivity (Wildman–Crippen MR) is 61.3 cm³/mol. The van der Waals surface area contributed by atoms with Crippen LogP contribution < -0.4 is 0 Å². The van der Waals surface area contributed by atoms with Gasteiger partial charge in [-0.05, 0) is 37.3 Å². The van der Waals surface area contributed by atoms with Gasteiger partial charge in [-0.1, -0.05) is 0 Å². The zero-order valence-corrected chi connectivity index (χ0v) is 9.23. The van der Waals surface area contributed by atoms with E-state index < -0.39 is 0 Å². The monoisotopic (exact) mass is 216 g/mol. The Hall–Kier alpha value is -1.09. The van der Waals surface area contributed by atoms with Gasteiger partial charge in [-0.2, -0.15) is 5.10 Å². The molecule has 0 unspecified atom stereocenters. The van der Waals surface area contributed by atoms with Crippen molar-refractivity contribution < 1.29 is 0 Å². The second-order valence-corrected chi connectivity index (χ2v) is 5.50. The number of aryl methyl sites for hydroxylation is 1. The zero-order chi connectivity index (χ0) is 9.83. The van der Waals surface area contributed by atoms with Gasteiger partial charge in [0, 0.05) is 27.4 Å². The highest BCUT2D eigenvalue weighted by atomic mass is 32.1. The van der Waals surface area contributed by atoms with Crippen LogP contribution >= 0.6 is 11.3 Å². The Morgan fingerprint density at radius 3 is 2.93 bits per heavy atom. The molecule has 0 aliphatic heterocycles. The standard InChI is InChI=1S/C12H12N2S/c1-2-7(1)10-5-11(14-13-10)9-6-15-12-4-3-8(9)12/h5-7H,1-4H2,(H,13,14). The van der Waals surface area contributed by atoms with Gasteiger partial charge in [0.1, 0.15) is 0 Å². The molecule has 1 N–H and O–H groups in total. The first-order valence-corrected chi connectivity index (χ1v) is 6.44. The fourth-order valence-electron chi connectivity index (χ4n) is 2.26. The molecule has 0 atom stereocenters. The summed E-state index contributed by atoms with van der Waals surface area (Å²) in [6.45, 7) is 0. The van der Waals surface area contributed by atoms with Gasteiger partial charge in [0.05, 0.1) is 5.69 Å². The Morgan fingerprint density at radius 1 is 1.33 bits per heavy atom. The van der Waals surface area contributed by atoms with Crippen molar-refractivity contribution in [1.29, 1.82) is 0 Å². The van der Waals surface area contributed by atoms with Crippen LogP contribution in [0, 0.1) is 0 Å². The molecule has 0 bridgehead atoms. The maximum Gasteiger partial charge on any atom is 0.0934 e. The van der Waals surface area contributed by atoms with Crippen LogP contribution in [0.25, 0.3) is 11.3 Å². The molecule has 1 fully saturated rings. The average molecular weight is 216 g/mol. The minimum absolute atomic E-state index is 0.774. The fraction of sp³-hybridized carbons (Fsp3) is 0.417. The molecule has 2 nitrogen and oxygen atoms in total. The molecule has 4 rings (SSSR count).